The Kier molecular flexibility index (Phi) is 6.69. The number of rotatable bonds is 5. The predicted molar refractivity (Wildman–Crippen MR) is 129 cm³/mol. The average molecular weight is 454 g/mol. The van der Waals surface area contributed by atoms with Crippen LogP contribution < -0.4 is 10.2 Å². The maximum Gasteiger partial charge on any atom is 0.242 e. The molecule has 0 saturated carbocycles. The smallest absolute Gasteiger partial charge is 0.242 e. The molecule has 0 aliphatic carbocycles. The van der Waals surface area contributed by atoms with Crippen LogP contribution in [0.15, 0.2) is 72.8 Å². The van der Waals surface area contributed by atoms with Crippen LogP contribution in [0, 0.1) is 6.92 Å². The van der Waals surface area contributed by atoms with Crippen molar-refractivity contribution in [3.63, 3.8) is 0 Å². The van der Waals surface area contributed by atoms with Gasteiger partial charge in [-0.2, -0.15) is 0 Å². The zero-order chi connectivity index (χ0) is 21.8. The molecule has 6 heteroatoms. The third-order valence-electron chi connectivity index (χ3n) is 5.62. The summed E-state index contributed by atoms with van der Waals surface area (Å²) in [7, 11) is 0. The normalized spacial score (nSPS) is 16.3. The molecule has 3 aromatic carbocycles. The van der Waals surface area contributed by atoms with Gasteiger partial charge in [0.2, 0.25) is 5.91 Å². The number of halogens is 2. The van der Waals surface area contributed by atoms with Crippen molar-refractivity contribution >= 4 is 40.5 Å². The van der Waals surface area contributed by atoms with Gasteiger partial charge >= 0.3 is 0 Å². The lowest BCUT2D eigenvalue weighted by Crippen LogP contribution is -2.52. The Balaban J connectivity index is 1.55. The third kappa shape index (κ3) is 5.15. The lowest BCUT2D eigenvalue weighted by atomic mass is 10.0. The molecule has 1 heterocycles. The van der Waals surface area contributed by atoms with Crippen LogP contribution >= 0.6 is 23.2 Å². The topological polar surface area (TPSA) is 35.6 Å². The highest BCUT2D eigenvalue weighted by Gasteiger charge is 2.31. The standard InChI is InChI=1S/C25H25Cl2N3O/c1-18-7-12-23(22(27)15-18)30-14-13-29(17-24(30)19-8-10-20(26)11-9-19)25(31)16-28-21-5-3-2-4-6-21/h2-12,15,24,28H,13-14,16-17H2,1H3/t24-/m0/s1. The Morgan fingerprint density at radius 3 is 2.45 bits per heavy atom. The molecular formula is C25H25Cl2N3O. The van der Waals surface area contributed by atoms with Crippen molar-refractivity contribution in [2.75, 3.05) is 36.4 Å². The van der Waals surface area contributed by atoms with Crippen molar-refractivity contribution in [2.45, 2.75) is 13.0 Å². The Labute approximate surface area is 193 Å². The molecule has 0 unspecified atom stereocenters. The zero-order valence-corrected chi connectivity index (χ0v) is 18.9. The van der Waals surface area contributed by atoms with Crippen molar-refractivity contribution in [1.82, 2.24) is 4.90 Å². The summed E-state index contributed by atoms with van der Waals surface area (Å²) in [5, 5.41) is 4.64. The van der Waals surface area contributed by atoms with Gasteiger partial charge in [-0.25, -0.2) is 0 Å². The molecule has 1 amide bonds. The van der Waals surface area contributed by atoms with Gasteiger partial charge in [0.15, 0.2) is 0 Å². The minimum Gasteiger partial charge on any atom is -0.376 e. The molecule has 0 spiro atoms. The fourth-order valence-electron chi connectivity index (χ4n) is 3.96. The number of hydrogen-bond donors (Lipinski definition) is 1. The second kappa shape index (κ2) is 9.63. The van der Waals surface area contributed by atoms with Crippen LogP contribution in [0.1, 0.15) is 17.2 Å². The van der Waals surface area contributed by atoms with Crippen molar-refractivity contribution in [3.8, 4) is 0 Å². The van der Waals surface area contributed by atoms with E-state index in [4.69, 9.17) is 23.2 Å². The number of carbonyl (C=O) groups is 1. The van der Waals surface area contributed by atoms with E-state index in [-0.39, 0.29) is 18.5 Å². The highest BCUT2D eigenvalue weighted by molar-refractivity contribution is 6.33. The minimum atomic E-state index is -0.00750. The van der Waals surface area contributed by atoms with Crippen LogP contribution in [0.2, 0.25) is 10.0 Å². The molecule has 1 saturated heterocycles. The molecule has 1 atom stereocenters. The molecule has 4 rings (SSSR count). The SMILES string of the molecule is Cc1ccc(N2CCN(C(=O)CNc3ccccc3)C[C@H]2c2ccc(Cl)cc2)c(Cl)c1. The van der Waals surface area contributed by atoms with Crippen molar-refractivity contribution in [3.05, 3.63) is 94.0 Å². The number of anilines is 2. The highest BCUT2D eigenvalue weighted by atomic mass is 35.5. The first-order valence-electron chi connectivity index (χ1n) is 10.4. The molecule has 3 aromatic rings. The second-order valence-electron chi connectivity index (χ2n) is 7.77. The molecule has 31 heavy (non-hydrogen) atoms. The van der Waals surface area contributed by atoms with Gasteiger partial charge in [-0.05, 0) is 54.4 Å². The highest BCUT2D eigenvalue weighted by Crippen LogP contribution is 2.36. The van der Waals surface area contributed by atoms with Crippen LogP contribution in [0.3, 0.4) is 0 Å². The van der Waals surface area contributed by atoms with Gasteiger partial charge in [-0.15, -0.1) is 0 Å². The molecule has 4 nitrogen and oxygen atoms in total. The van der Waals surface area contributed by atoms with Crippen LogP contribution in [0.4, 0.5) is 11.4 Å². The van der Waals surface area contributed by atoms with Gasteiger partial charge in [0.25, 0.3) is 0 Å². The molecule has 1 fully saturated rings. The van der Waals surface area contributed by atoms with Gasteiger partial charge < -0.3 is 15.1 Å². The summed E-state index contributed by atoms with van der Waals surface area (Å²) >= 11 is 12.7. The van der Waals surface area contributed by atoms with E-state index in [0.29, 0.717) is 24.7 Å². The van der Waals surface area contributed by atoms with Gasteiger partial charge in [-0.1, -0.05) is 59.6 Å². The first-order chi connectivity index (χ1) is 15.0. The van der Waals surface area contributed by atoms with Crippen molar-refractivity contribution in [1.29, 1.82) is 0 Å². The number of benzene rings is 3. The number of hydrogen-bond acceptors (Lipinski definition) is 3. The fourth-order valence-corrected chi connectivity index (χ4v) is 4.43. The molecule has 0 aromatic heterocycles. The average Bonchev–Trinajstić information content (AvgIpc) is 2.78. The van der Waals surface area contributed by atoms with Crippen LogP contribution in [0.5, 0.6) is 0 Å². The fraction of sp³-hybridized carbons (Fsp3) is 0.240. The second-order valence-corrected chi connectivity index (χ2v) is 8.62. The summed E-state index contributed by atoms with van der Waals surface area (Å²) in [5.41, 5.74) is 4.16. The summed E-state index contributed by atoms with van der Waals surface area (Å²) in [5.74, 6) is 0.0810. The zero-order valence-electron chi connectivity index (χ0n) is 17.4. The van der Waals surface area contributed by atoms with Gasteiger partial charge in [0.1, 0.15) is 0 Å². The number of piperazine rings is 1. The number of nitrogens with one attached hydrogen (secondary N) is 1. The molecule has 1 aliphatic rings. The monoisotopic (exact) mass is 453 g/mol. The van der Waals surface area contributed by atoms with Crippen LogP contribution in [-0.4, -0.2) is 37.0 Å². The van der Waals surface area contributed by atoms with Crippen molar-refractivity contribution < 1.29 is 4.79 Å². The maximum absolute atomic E-state index is 13.0. The first-order valence-corrected chi connectivity index (χ1v) is 11.1. The number of nitrogens with zero attached hydrogens (tertiary/aromatic N) is 2. The molecular weight excluding hydrogens is 429 g/mol. The Morgan fingerprint density at radius 1 is 1.00 bits per heavy atom. The summed E-state index contributed by atoms with van der Waals surface area (Å²) in [6, 6.07) is 23.7. The number of para-hydroxylation sites is 1. The minimum absolute atomic E-state index is 0.00750. The summed E-state index contributed by atoms with van der Waals surface area (Å²) in [6.45, 7) is 4.23. The van der Waals surface area contributed by atoms with E-state index >= 15 is 0 Å². The summed E-state index contributed by atoms with van der Waals surface area (Å²) in [4.78, 5) is 17.2. The largest absolute Gasteiger partial charge is 0.376 e. The Bertz CT molecular complexity index is 1040. The lowest BCUT2D eigenvalue weighted by Gasteiger charge is -2.43. The number of carbonyl (C=O) groups excluding carboxylic acids is 1. The summed E-state index contributed by atoms with van der Waals surface area (Å²) < 4.78 is 0. The molecule has 1 N–H and O–H groups in total. The number of aryl methyl sites for hydroxylation is 1. The quantitative estimate of drug-likeness (QED) is 0.529. The Hall–Kier alpha value is -2.69. The van der Waals surface area contributed by atoms with Gasteiger partial charge in [-0.3, -0.25) is 4.79 Å². The summed E-state index contributed by atoms with van der Waals surface area (Å²) in [6.07, 6.45) is 0. The van der Waals surface area contributed by atoms with E-state index in [9.17, 15) is 4.79 Å². The first kappa shape index (κ1) is 21.5. The van der Waals surface area contributed by atoms with E-state index < -0.39 is 0 Å². The molecule has 160 valence electrons. The van der Waals surface area contributed by atoms with E-state index in [1.807, 2.05) is 72.5 Å². The van der Waals surface area contributed by atoms with Gasteiger partial charge in [0, 0.05) is 30.3 Å². The predicted octanol–water partition coefficient (Wildman–Crippen LogP) is 5.80. The van der Waals surface area contributed by atoms with E-state index in [1.165, 1.54) is 0 Å². The molecule has 1 aliphatic heterocycles. The maximum atomic E-state index is 13.0. The van der Waals surface area contributed by atoms with Crippen molar-refractivity contribution in [2.24, 2.45) is 0 Å². The van der Waals surface area contributed by atoms with Crippen LogP contribution in [0.25, 0.3) is 0 Å². The lowest BCUT2D eigenvalue weighted by molar-refractivity contribution is -0.130. The van der Waals surface area contributed by atoms with Crippen LogP contribution in [-0.2, 0) is 4.79 Å². The number of amides is 1. The van der Waals surface area contributed by atoms with E-state index in [0.717, 1.165) is 27.5 Å². The van der Waals surface area contributed by atoms with E-state index in [2.05, 4.69) is 22.3 Å². The Morgan fingerprint density at radius 2 is 1.74 bits per heavy atom. The van der Waals surface area contributed by atoms with Gasteiger partial charge in [0.05, 0.1) is 23.3 Å². The molecule has 0 radical (unpaired) electrons. The third-order valence-corrected chi connectivity index (χ3v) is 6.17. The molecule has 0 bridgehead atoms. The van der Waals surface area contributed by atoms with E-state index in [1.54, 1.807) is 0 Å².